The number of carbonyl (C=O) groups is 1. The van der Waals surface area contributed by atoms with Crippen molar-refractivity contribution in [2.75, 3.05) is 5.75 Å². The molecule has 5 rings (SSSR count). The molecule has 2 aliphatic rings. The summed E-state index contributed by atoms with van der Waals surface area (Å²) in [6.07, 6.45) is 2.90. The van der Waals surface area contributed by atoms with Crippen molar-refractivity contribution in [2.24, 2.45) is 4.99 Å². The van der Waals surface area contributed by atoms with Gasteiger partial charge in [0.2, 0.25) is 0 Å². The van der Waals surface area contributed by atoms with Crippen molar-refractivity contribution in [3.05, 3.63) is 82.9 Å². The first kappa shape index (κ1) is 20.8. The molecule has 2 aliphatic heterocycles. The molecule has 4 heterocycles. The molecular weight excluding hydrogens is 420 g/mol. The summed E-state index contributed by atoms with van der Waals surface area (Å²) in [5.41, 5.74) is 5.54. The summed E-state index contributed by atoms with van der Waals surface area (Å²) in [4.78, 5) is 23.8. The number of hydrogen-bond acceptors (Lipinski definition) is 5. The van der Waals surface area contributed by atoms with Gasteiger partial charge in [0.15, 0.2) is 5.17 Å². The smallest absolute Gasteiger partial charge is 0.335 e. The van der Waals surface area contributed by atoms with E-state index in [1.54, 1.807) is 18.2 Å². The molecule has 0 unspecified atom stereocenters. The molecule has 32 heavy (non-hydrogen) atoms. The molecule has 3 aromatic rings. The Balaban J connectivity index is 1.63. The van der Waals surface area contributed by atoms with Crippen LogP contribution in [-0.4, -0.2) is 42.5 Å². The number of amidine groups is 1. The quantitative estimate of drug-likeness (QED) is 0.586. The molecular formula is C25H26N4O2S. The van der Waals surface area contributed by atoms with Gasteiger partial charge in [-0.3, -0.25) is 9.98 Å². The molecule has 0 aliphatic carbocycles. The van der Waals surface area contributed by atoms with Crippen LogP contribution < -0.4 is 0 Å². The zero-order valence-electron chi connectivity index (χ0n) is 18.4. The number of hydrogen-bond donors (Lipinski definition) is 1. The van der Waals surface area contributed by atoms with Gasteiger partial charge in [-0.05, 0) is 62.2 Å². The monoisotopic (exact) mass is 446 g/mol. The van der Waals surface area contributed by atoms with Crippen molar-refractivity contribution < 1.29 is 9.90 Å². The minimum atomic E-state index is -0.918. The van der Waals surface area contributed by atoms with Gasteiger partial charge in [-0.15, -0.1) is 0 Å². The molecule has 1 aromatic carbocycles. The number of aryl methyl sites for hydroxylation is 1. The summed E-state index contributed by atoms with van der Waals surface area (Å²) in [6, 6.07) is 15.8. The number of carboxylic acids is 1. The lowest BCUT2D eigenvalue weighted by Crippen LogP contribution is -2.35. The summed E-state index contributed by atoms with van der Waals surface area (Å²) in [6.45, 7) is 6.43. The predicted molar refractivity (Wildman–Crippen MR) is 128 cm³/mol. The van der Waals surface area contributed by atoms with Crippen molar-refractivity contribution in [2.45, 2.75) is 45.3 Å². The summed E-state index contributed by atoms with van der Waals surface area (Å²) in [5.74, 6) is 0.138. The number of rotatable bonds is 5. The van der Waals surface area contributed by atoms with Crippen LogP contribution in [0.1, 0.15) is 58.4 Å². The van der Waals surface area contributed by atoms with E-state index < -0.39 is 5.97 Å². The Bertz CT molecular complexity index is 1200. The maximum Gasteiger partial charge on any atom is 0.335 e. The van der Waals surface area contributed by atoms with E-state index in [1.807, 2.05) is 36.2 Å². The normalized spacial score (nSPS) is 22.2. The Labute approximate surface area is 192 Å². The molecule has 6 nitrogen and oxygen atoms in total. The molecule has 0 spiro atoms. The van der Waals surface area contributed by atoms with Crippen LogP contribution >= 0.6 is 11.8 Å². The zero-order valence-corrected chi connectivity index (χ0v) is 19.2. The SMILES string of the molecule is CC[C@@H]1CSC2=N[C@H](c3ccccn3)[C@@H](c3cc(C)n(-c4cccc(C(=O)O)c4)c3C)N21. The van der Waals surface area contributed by atoms with E-state index in [0.717, 1.165) is 40.1 Å². The van der Waals surface area contributed by atoms with Crippen LogP contribution in [0.4, 0.5) is 0 Å². The fourth-order valence-corrected chi connectivity index (χ4v) is 6.29. The highest BCUT2D eigenvalue weighted by Gasteiger charge is 2.46. The molecule has 1 saturated heterocycles. The minimum absolute atomic E-state index is 0.0626. The van der Waals surface area contributed by atoms with E-state index in [0.29, 0.717) is 6.04 Å². The van der Waals surface area contributed by atoms with Gasteiger partial charge in [0.1, 0.15) is 6.04 Å². The number of aromatic carboxylic acids is 1. The fraction of sp³-hybridized carbons (Fsp3) is 0.320. The number of carboxylic acid groups (broad SMARTS) is 1. The third kappa shape index (κ3) is 3.32. The van der Waals surface area contributed by atoms with Crippen LogP contribution in [0, 0.1) is 13.8 Å². The van der Waals surface area contributed by atoms with Crippen LogP contribution in [0.25, 0.3) is 5.69 Å². The molecule has 164 valence electrons. The highest BCUT2D eigenvalue weighted by molar-refractivity contribution is 8.14. The highest BCUT2D eigenvalue weighted by atomic mass is 32.2. The van der Waals surface area contributed by atoms with Gasteiger partial charge in [0.05, 0.1) is 17.3 Å². The van der Waals surface area contributed by atoms with Gasteiger partial charge in [0, 0.05) is 35.1 Å². The zero-order chi connectivity index (χ0) is 22.4. The number of aromatic nitrogens is 2. The minimum Gasteiger partial charge on any atom is -0.478 e. The molecule has 2 aromatic heterocycles. The van der Waals surface area contributed by atoms with Crippen molar-refractivity contribution in [3.63, 3.8) is 0 Å². The number of thioether (sulfide) groups is 1. The van der Waals surface area contributed by atoms with Crippen LogP contribution in [-0.2, 0) is 0 Å². The van der Waals surface area contributed by atoms with Gasteiger partial charge in [-0.1, -0.05) is 30.8 Å². The average Bonchev–Trinajstić information content (AvgIpc) is 3.45. The van der Waals surface area contributed by atoms with Crippen molar-refractivity contribution in [1.29, 1.82) is 0 Å². The van der Waals surface area contributed by atoms with Crippen LogP contribution in [0.5, 0.6) is 0 Å². The van der Waals surface area contributed by atoms with Crippen LogP contribution in [0.15, 0.2) is 59.7 Å². The van der Waals surface area contributed by atoms with Gasteiger partial charge in [0.25, 0.3) is 0 Å². The number of benzene rings is 1. The third-order valence-corrected chi connectivity index (χ3v) is 7.60. The first-order valence-corrected chi connectivity index (χ1v) is 11.9. The molecule has 0 amide bonds. The Morgan fingerprint density at radius 2 is 2.03 bits per heavy atom. The molecule has 0 radical (unpaired) electrons. The number of nitrogens with zero attached hydrogens (tertiary/aromatic N) is 4. The average molecular weight is 447 g/mol. The lowest BCUT2D eigenvalue weighted by atomic mass is 9.95. The first-order chi connectivity index (χ1) is 15.5. The Hall–Kier alpha value is -3.06. The van der Waals surface area contributed by atoms with Gasteiger partial charge in [-0.25, -0.2) is 4.79 Å². The van der Waals surface area contributed by atoms with E-state index in [1.165, 1.54) is 5.56 Å². The maximum absolute atomic E-state index is 11.5. The Morgan fingerprint density at radius 1 is 1.19 bits per heavy atom. The lowest BCUT2D eigenvalue weighted by molar-refractivity contribution is 0.0697. The molecule has 3 atom stereocenters. The van der Waals surface area contributed by atoms with E-state index in [2.05, 4.69) is 47.4 Å². The second-order valence-corrected chi connectivity index (χ2v) is 9.34. The topological polar surface area (TPSA) is 70.7 Å². The second-order valence-electron chi connectivity index (χ2n) is 8.35. The fourth-order valence-electron chi connectivity index (χ4n) is 4.95. The van der Waals surface area contributed by atoms with Gasteiger partial charge >= 0.3 is 5.97 Å². The Morgan fingerprint density at radius 3 is 2.75 bits per heavy atom. The number of pyridine rings is 1. The maximum atomic E-state index is 11.5. The summed E-state index contributed by atoms with van der Waals surface area (Å²) < 4.78 is 2.15. The van der Waals surface area contributed by atoms with Gasteiger partial charge < -0.3 is 14.6 Å². The second kappa shape index (κ2) is 8.13. The molecule has 0 saturated carbocycles. The van der Waals surface area contributed by atoms with Crippen LogP contribution in [0.2, 0.25) is 0 Å². The summed E-state index contributed by atoms with van der Waals surface area (Å²) >= 11 is 1.84. The standard InChI is InChI=1S/C25H26N4O2S/c1-4-18-14-32-25-27-22(21-10-5-6-11-26-21)23(29(18)25)20-12-15(2)28(16(20)3)19-9-7-8-17(13-19)24(30)31/h5-13,18,22-23H,4,14H2,1-3H3,(H,30,31)/t18-,22-,23-/m1/s1. The van der Waals surface area contributed by atoms with E-state index in [-0.39, 0.29) is 17.6 Å². The third-order valence-electron chi connectivity index (χ3n) is 6.47. The van der Waals surface area contributed by atoms with E-state index >= 15 is 0 Å². The summed E-state index contributed by atoms with van der Waals surface area (Å²) in [7, 11) is 0. The Kier molecular flexibility index (Phi) is 5.29. The van der Waals surface area contributed by atoms with Gasteiger partial charge in [-0.2, -0.15) is 0 Å². The number of fused-ring (bicyclic) bond motifs is 1. The predicted octanol–water partition coefficient (Wildman–Crippen LogP) is 5.17. The molecule has 1 N–H and O–H groups in total. The van der Waals surface area contributed by atoms with Crippen molar-refractivity contribution >= 4 is 22.9 Å². The highest BCUT2D eigenvalue weighted by Crippen LogP contribution is 2.49. The van der Waals surface area contributed by atoms with E-state index in [4.69, 9.17) is 4.99 Å². The van der Waals surface area contributed by atoms with Crippen molar-refractivity contribution in [1.82, 2.24) is 14.5 Å². The number of aliphatic imine (C=N–C) groups is 1. The molecule has 7 heteroatoms. The molecule has 1 fully saturated rings. The lowest BCUT2D eigenvalue weighted by Gasteiger charge is -2.32. The van der Waals surface area contributed by atoms with Crippen molar-refractivity contribution in [3.8, 4) is 5.69 Å². The van der Waals surface area contributed by atoms with E-state index in [9.17, 15) is 9.90 Å². The largest absolute Gasteiger partial charge is 0.478 e. The molecule has 0 bridgehead atoms. The van der Waals surface area contributed by atoms with Crippen LogP contribution in [0.3, 0.4) is 0 Å². The first-order valence-electron chi connectivity index (χ1n) is 10.9. The summed E-state index contributed by atoms with van der Waals surface area (Å²) in [5, 5.41) is 10.6.